The van der Waals surface area contributed by atoms with Gasteiger partial charge in [0.2, 0.25) is 0 Å². The maximum atomic E-state index is 12.3. The molecule has 2 rings (SSSR count). The Labute approximate surface area is 150 Å². The summed E-state index contributed by atoms with van der Waals surface area (Å²) in [5.41, 5.74) is 0.612. The van der Waals surface area contributed by atoms with Crippen LogP contribution in [0.2, 0.25) is 0 Å². The van der Waals surface area contributed by atoms with E-state index in [2.05, 4.69) is 5.32 Å². The van der Waals surface area contributed by atoms with Gasteiger partial charge in [0.05, 0.1) is 10.5 Å². The highest BCUT2D eigenvalue weighted by Gasteiger charge is 2.18. The zero-order valence-electron chi connectivity index (χ0n) is 14.8. The van der Waals surface area contributed by atoms with E-state index < -0.39 is 10.9 Å². The molecule has 2 N–H and O–H groups in total. The first-order chi connectivity index (χ1) is 12.1. The van der Waals surface area contributed by atoms with Crippen molar-refractivity contribution in [3.8, 4) is 11.1 Å². The first kappa shape index (κ1) is 19.1. The molecule has 0 radical (unpaired) electrons. The molecular formula is C19H20N2O5. The van der Waals surface area contributed by atoms with Crippen molar-refractivity contribution in [2.45, 2.75) is 20.8 Å². The highest BCUT2D eigenvalue weighted by Crippen LogP contribution is 2.28. The number of carbonyl (C=O) groups excluding carboxylic acids is 1. The van der Waals surface area contributed by atoms with Crippen LogP contribution in [0.5, 0.6) is 0 Å². The number of non-ortho nitro benzene ring substituents is 1. The molecule has 0 unspecified atom stereocenters. The lowest BCUT2D eigenvalue weighted by Crippen LogP contribution is -2.32. The van der Waals surface area contributed by atoms with Gasteiger partial charge in [-0.05, 0) is 28.7 Å². The van der Waals surface area contributed by atoms with Gasteiger partial charge in [0.25, 0.3) is 11.6 Å². The number of nitro groups is 1. The molecule has 0 bridgehead atoms. The number of nitrogens with one attached hydrogen (secondary N) is 1. The Balaban J connectivity index is 2.41. The molecule has 0 atom stereocenters. The summed E-state index contributed by atoms with van der Waals surface area (Å²) in [6.07, 6.45) is 0. The number of aromatic carboxylic acids is 1. The van der Waals surface area contributed by atoms with Crippen LogP contribution in [-0.4, -0.2) is 28.5 Å². The van der Waals surface area contributed by atoms with Gasteiger partial charge in [-0.25, -0.2) is 4.79 Å². The van der Waals surface area contributed by atoms with E-state index in [0.717, 1.165) is 0 Å². The van der Waals surface area contributed by atoms with Crippen molar-refractivity contribution in [1.29, 1.82) is 0 Å². The van der Waals surface area contributed by atoms with E-state index in [1.165, 1.54) is 36.4 Å². The average molecular weight is 356 g/mol. The summed E-state index contributed by atoms with van der Waals surface area (Å²) >= 11 is 0. The van der Waals surface area contributed by atoms with Crippen LogP contribution in [0.15, 0.2) is 42.5 Å². The van der Waals surface area contributed by atoms with Crippen LogP contribution >= 0.6 is 0 Å². The monoisotopic (exact) mass is 356 g/mol. The lowest BCUT2D eigenvalue weighted by molar-refractivity contribution is -0.384. The minimum Gasteiger partial charge on any atom is -0.478 e. The normalized spacial score (nSPS) is 11.0. The SMILES string of the molecule is CC(C)(C)CNC(=O)c1ccc(-c2cccc([N+](=O)[O-])c2)c(C(=O)O)c1. The van der Waals surface area contributed by atoms with Crippen LogP contribution in [-0.2, 0) is 0 Å². The summed E-state index contributed by atoms with van der Waals surface area (Å²) in [4.78, 5) is 34.3. The number of hydrogen-bond acceptors (Lipinski definition) is 4. The van der Waals surface area contributed by atoms with E-state index in [9.17, 15) is 24.8 Å². The number of benzene rings is 2. The van der Waals surface area contributed by atoms with Crippen molar-refractivity contribution >= 4 is 17.6 Å². The van der Waals surface area contributed by atoms with Gasteiger partial charge in [0.1, 0.15) is 0 Å². The van der Waals surface area contributed by atoms with Crippen molar-refractivity contribution in [1.82, 2.24) is 5.32 Å². The van der Waals surface area contributed by atoms with Crippen molar-refractivity contribution in [2.75, 3.05) is 6.54 Å². The summed E-state index contributed by atoms with van der Waals surface area (Å²) in [7, 11) is 0. The molecule has 0 saturated carbocycles. The van der Waals surface area contributed by atoms with Crippen molar-refractivity contribution in [2.24, 2.45) is 5.41 Å². The maximum absolute atomic E-state index is 12.3. The predicted molar refractivity (Wildman–Crippen MR) is 97.3 cm³/mol. The minimum absolute atomic E-state index is 0.0890. The Morgan fingerprint density at radius 1 is 1.15 bits per heavy atom. The molecule has 2 aromatic rings. The van der Waals surface area contributed by atoms with Gasteiger partial charge < -0.3 is 10.4 Å². The highest BCUT2D eigenvalue weighted by molar-refractivity contribution is 6.01. The molecule has 2 aromatic carbocycles. The third-order valence-electron chi connectivity index (χ3n) is 3.66. The van der Waals surface area contributed by atoms with Crippen molar-refractivity contribution < 1.29 is 19.6 Å². The number of carboxylic acid groups (broad SMARTS) is 1. The molecule has 0 saturated heterocycles. The van der Waals surface area contributed by atoms with Gasteiger partial charge >= 0.3 is 5.97 Å². The quantitative estimate of drug-likeness (QED) is 0.626. The average Bonchev–Trinajstić information content (AvgIpc) is 2.58. The molecule has 0 aromatic heterocycles. The lowest BCUT2D eigenvalue weighted by Gasteiger charge is -2.19. The van der Waals surface area contributed by atoms with Crippen molar-refractivity contribution in [3.63, 3.8) is 0 Å². The van der Waals surface area contributed by atoms with Gasteiger partial charge in [-0.1, -0.05) is 39.0 Å². The van der Waals surface area contributed by atoms with Crippen molar-refractivity contribution in [3.05, 3.63) is 63.7 Å². The van der Waals surface area contributed by atoms with E-state index in [1.807, 2.05) is 20.8 Å². The summed E-state index contributed by atoms with van der Waals surface area (Å²) in [5.74, 6) is -1.58. The molecule has 0 fully saturated rings. The lowest BCUT2D eigenvalue weighted by atomic mass is 9.95. The van der Waals surface area contributed by atoms with Gasteiger partial charge in [-0.3, -0.25) is 14.9 Å². The Hall–Kier alpha value is -3.22. The number of nitrogens with zero attached hydrogens (tertiary/aromatic N) is 1. The molecule has 0 aliphatic carbocycles. The maximum Gasteiger partial charge on any atom is 0.336 e. The third-order valence-corrected chi connectivity index (χ3v) is 3.66. The molecule has 7 heteroatoms. The summed E-state index contributed by atoms with van der Waals surface area (Å²) < 4.78 is 0. The number of carboxylic acids is 1. The molecule has 0 heterocycles. The molecule has 0 aliphatic heterocycles. The summed E-state index contributed by atoms with van der Waals surface area (Å²) in [5, 5.41) is 23.2. The highest BCUT2D eigenvalue weighted by atomic mass is 16.6. The molecule has 7 nitrogen and oxygen atoms in total. The summed E-state index contributed by atoms with van der Waals surface area (Å²) in [6.45, 7) is 6.37. The van der Waals surface area contributed by atoms with Crippen LogP contribution in [0.4, 0.5) is 5.69 Å². The zero-order chi connectivity index (χ0) is 19.5. The van der Waals surface area contributed by atoms with Gasteiger partial charge in [0, 0.05) is 24.2 Å². The smallest absolute Gasteiger partial charge is 0.336 e. The standard InChI is InChI=1S/C19H20N2O5/c1-19(2,3)11-20-17(22)13-7-8-15(16(10-13)18(23)24)12-5-4-6-14(9-12)21(25)26/h4-10H,11H2,1-3H3,(H,20,22)(H,23,24). The van der Waals surface area contributed by atoms with Crippen LogP contribution in [0.25, 0.3) is 11.1 Å². The molecule has 1 amide bonds. The van der Waals surface area contributed by atoms with Crippen LogP contribution < -0.4 is 5.32 Å². The number of nitro benzene ring substituents is 1. The van der Waals surface area contributed by atoms with E-state index in [-0.39, 0.29) is 28.1 Å². The number of amides is 1. The first-order valence-corrected chi connectivity index (χ1v) is 7.99. The van der Waals surface area contributed by atoms with Crippen LogP contribution in [0, 0.1) is 15.5 Å². The fraction of sp³-hybridized carbons (Fsp3) is 0.263. The summed E-state index contributed by atoms with van der Waals surface area (Å²) in [6, 6.07) is 10.0. The predicted octanol–water partition coefficient (Wildman–Crippen LogP) is 3.74. The first-order valence-electron chi connectivity index (χ1n) is 7.99. The van der Waals surface area contributed by atoms with E-state index >= 15 is 0 Å². The molecule has 0 spiro atoms. The van der Waals surface area contributed by atoms with Gasteiger partial charge in [0.15, 0.2) is 0 Å². The van der Waals surface area contributed by atoms with Gasteiger partial charge in [-0.2, -0.15) is 0 Å². The Bertz CT molecular complexity index is 868. The Morgan fingerprint density at radius 2 is 1.85 bits per heavy atom. The third kappa shape index (κ3) is 4.66. The Morgan fingerprint density at radius 3 is 2.42 bits per heavy atom. The van der Waals surface area contributed by atoms with Gasteiger partial charge in [-0.15, -0.1) is 0 Å². The second-order valence-corrected chi connectivity index (χ2v) is 7.12. The molecule has 26 heavy (non-hydrogen) atoms. The van der Waals surface area contributed by atoms with Crippen LogP contribution in [0.3, 0.4) is 0 Å². The Kier molecular flexibility index (Phi) is 5.40. The zero-order valence-corrected chi connectivity index (χ0v) is 14.8. The van der Waals surface area contributed by atoms with E-state index in [0.29, 0.717) is 17.7 Å². The number of rotatable bonds is 5. The van der Waals surface area contributed by atoms with E-state index in [1.54, 1.807) is 6.07 Å². The number of hydrogen-bond donors (Lipinski definition) is 2. The number of carbonyl (C=O) groups is 2. The minimum atomic E-state index is -1.21. The second kappa shape index (κ2) is 7.35. The second-order valence-electron chi connectivity index (χ2n) is 7.12. The van der Waals surface area contributed by atoms with Crippen LogP contribution in [0.1, 0.15) is 41.5 Å². The fourth-order valence-corrected chi connectivity index (χ4v) is 2.35. The molecule has 136 valence electrons. The largest absolute Gasteiger partial charge is 0.478 e. The topological polar surface area (TPSA) is 110 Å². The molecule has 0 aliphatic rings. The molecular weight excluding hydrogens is 336 g/mol. The van der Waals surface area contributed by atoms with E-state index in [4.69, 9.17) is 0 Å². The fourth-order valence-electron chi connectivity index (χ4n) is 2.35.